The van der Waals surface area contributed by atoms with E-state index in [1.165, 1.54) is 0 Å². The Morgan fingerprint density at radius 3 is 2.64 bits per heavy atom. The van der Waals surface area contributed by atoms with Crippen molar-refractivity contribution in [3.63, 3.8) is 0 Å². The number of rotatable bonds is 3. The zero-order valence-electron chi connectivity index (χ0n) is 5.83. The van der Waals surface area contributed by atoms with Crippen LogP contribution in [0.25, 0.3) is 0 Å². The summed E-state index contributed by atoms with van der Waals surface area (Å²) in [4.78, 5) is 7.76. The Bertz CT molecular complexity index is 214. The molecule has 0 fully saturated rings. The van der Waals surface area contributed by atoms with Gasteiger partial charge in [0.15, 0.2) is 0 Å². The second kappa shape index (κ2) is 4.25. The Labute approximate surface area is 72.9 Å². The first-order valence-electron chi connectivity index (χ1n) is 3.13. The van der Waals surface area contributed by atoms with E-state index in [-0.39, 0.29) is 0 Å². The third kappa shape index (κ3) is 2.81. The van der Waals surface area contributed by atoms with Crippen molar-refractivity contribution in [2.45, 2.75) is 0 Å². The van der Waals surface area contributed by atoms with E-state index in [2.05, 4.69) is 25.9 Å². The minimum atomic E-state index is 0.360. The first kappa shape index (κ1) is 8.42. The average Bonchev–Trinajstić information content (AvgIpc) is 2.04. The molecule has 60 valence electrons. The van der Waals surface area contributed by atoms with Crippen molar-refractivity contribution in [2.75, 3.05) is 13.2 Å². The number of hydrogen-bond acceptors (Lipinski definition) is 4. The lowest BCUT2D eigenvalue weighted by Gasteiger charge is -1.99. The van der Waals surface area contributed by atoms with Crippen LogP contribution in [0.3, 0.4) is 0 Å². The number of halogens is 1. The van der Waals surface area contributed by atoms with Crippen molar-refractivity contribution < 1.29 is 4.74 Å². The Kier molecular flexibility index (Phi) is 3.25. The molecule has 0 aliphatic rings. The highest BCUT2D eigenvalue weighted by molar-refractivity contribution is 9.10. The molecule has 0 aliphatic heterocycles. The second-order valence-corrected chi connectivity index (χ2v) is 2.74. The van der Waals surface area contributed by atoms with E-state index in [0.29, 0.717) is 19.2 Å². The molecule has 0 spiro atoms. The highest BCUT2D eigenvalue weighted by Gasteiger charge is 1.94. The third-order valence-electron chi connectivity index (χ3n) is 0.946. The lowest BCUT2D eigenvalue weighted by molar-refractivity contribution is 0.302. The van der Waals surface area contributed by atoms with Crippen LogP contribution in [-0.2, 0) is 0 Å². The topological polar surface area (TPSA) is 61.0 Å². The van der Waals surface area contributed by atoms with Gasteiger partial charge in [0.2, 0.25) is 0 Å². The number of hydrogen-bond donors (Lipinski definition) is 1. The summed E-state index contributed by atoms with van der Waals surface area (Å²) in [6.45, 7) is 0.918. The maximum absolute atomic E-state index is 5.22. The monoisotopic (exact) mass is 217 g/mol. The van der Waals surface area contributed by atoms with E-state index in [4.69, 9.17) is 10.5 Å². The second-order valence-electron chi connectivity index (χ2n) is 1.82. The van der Waals surface area contributed by atoms with Crippen LogP contribution in [0, 0.1) is 0 Å². The van der Waals surface area contributed by atoms with Crippen molar-refractivity contribution in [3.8, 4) is 6.01 Å². The van der Waals surface area contributed by atoms with Gasteiger partial charge in [-0.15, -0.1) is 0 Å². The molecule has 1 rings (SSSR count). The van der Waals surface area contributed by atoms with Crippen LogP contribution in [-0.4, -0.2) is 23.1 Å². The molecule has 0 saturated carbocycles. The summed E-state index contributed by atoms with van der Waals surface area (Å²) in [5.74, 6) is 0. The summed E-state index contributed by atoms with van der Waals surface area (Å²) >= 11 is 3.21. The van der Waals surface area contributed by atoms with E-state index in [1.807, 2.05) is 0 Å². The minimum absolute atomic E-state index is 0.360. The maximum Gasteiger partial charge on any atom is 0.316 e. The lowest BCUT2D eigenvalue weighted by Crippen LogP contribution is -2.11. The molecule has 0 aromatic carbocycles. The highest BCUT2D eigenvalue weighted by Crippen LogP contribution is 2.07. The van der Waals surface area contributed by atoms with Gasteiger partial charge in [0.25, 0.3) is 0 Å². The largest absolute Gasteiger partial charge is 0.462 e. The van der Waals surface area contributed by atoms with Crippen molar-refractivity contribution in [1.29, 1.82) is 0 Å². The third-order valence-corrected chi connectivity index (χ3v) is 1.36. The Morgan fingerprint density at radius 2 is 2.09 bits per heavy atom. The molecule has 0 aliphatic carbocycles. The van der Waals surface area contributed by atoms with Gasteiger partial charge < -0.3 is 10.5 Å². The molecule has 0 atom stereocenters. The fraction of sp³-hybridized carbons (Fsp3) is 0.333. The summed E-state index contributed by atoms with van der Waals surface area (Å²) in [5.41, 5.74) is 5.22. The van der Waals surface area contributed by atoms with Gasteiger partial charge in [-0.25, -0.2) is 9.97 Å². The average molecular weight is 218 g/mol. The van der Waals surface area contributed by atoms with E-state index in [0.717, 1.165) is 4.47 Å². The molecule has 2 N–H and O–H groups in total. The molecule has 0 amide bonds. The van der Waals surface area contributed by atoms with Crippen LogP contribution in [0.5, 0.6) is 6.01 Å². The Balaban J connectivity index is 2.52. The molecule has 4 nitrogen and oxygen atoms in total. The highest BCUT2D eigenvalue weighted by atomic mass is 79.9. The van der Waals surface area contributed by atoms with Crippen LogP contribution in [0.15, 0.2) is 16.9 Å². The Hall–Kier alpha value is -0.680. The van der Waals surface area contributed by atoms with Crippen LogP contribution in [0.4, 0.5) is 0 Å². The summed E-state index contributed by atoms with van der Waals surface area (Å²) in [5, 5.41) is 0. The summed E-state index contributed by atoms with van der Waals surface area (Å²) in [7, 11) is 0. The quantitative estimate of drug-likeness (QED) is 0.805. The zero-order chi connectivity index (χ0) is 8.10. The van der Waals surface area contributed by atoms with Gasteiger partial charge in [-0.1, -0.05) is 0 Å². The van der Waals surface area contributed by atoms with Crippen LogP contribution >= 0.6 is 15.9 Å². The van der Waals surface area contributed by atoms with Crippen molar-refractivity contribution >= 4 is 15.9 Å². The molecule has 0 saturated heterocycles. The number of ether oxygens (including phenoxy) is 1. The van der Waals surface area contributed by atoms with Gasteiger partial charge >= 0.3 is 6.01 Å². The van der Waals surface area contributed by atoms with E-state index in [9.17, 15) is 0 Å². The molecule has 1 aromatic rings. The van der Waals surface area contributed by atoms with Crippen LogP contribution < -0.4 is 10.5 Å². The summed E-state index contributed by atoms with van der Waals surface area (Å²) in [6, 6.07) is 0.360. The Morgan fingerprint density at radius 1 is 1.45 bits per heavy atom. The molecule has 11 heavy (non-hydrogen) atoms. The van der Waals surface area contributed by atoms with Crippen molar-refractivity contribution in [1.82, 2.24) is 9.97 Å². The SMILES string of the molecule is NCCOc1ncc(Br)cn1. The molecular weight excluding hydrogens is 210 g/mol. The number of aromatic nitrogens is 2. The summed E-state index contributed by atoms with van der Waals surface area (Å²) < 4.78 is 5.87. The minimum Gasteiger partial charge on any atom is -0.462 e. The predicted octanol–water partition coefficient (Wildman–Crippen LogP) is 0.577. The van der Waals surface area contributed by atoms with Gasteiger partial charge in [0.05, 0.1) is 4.47 Å². The van der Waals surface area contributed by atoms with Gasteiger partial charge in [0.1, 0.15) is 6.61 Å². The molecule has 1 aromatic heterocycles. The van der Waals surface area contributed by atoms with E-state index in [1.54, 1.807) is 12.4 Å². The fourth-order valence-corrected chi connectivity index (χ4v) is 0.730. The molecular formula is C6H8BrN3O. The fourth-order valence-electron chi connectivity index (χ4n) is 0.525. The smallest absolute Gasteiger partial charge is 0.316 e. The molecule has 0 bridgehead atoms. The zero-order valence-corrected chi connectivity index (χ0v) is 7.41. The molecule has 0 radical (unpaired) electrons. The van der Waals surface area contributed by atoms with Crippen LogP contribution in [0.2, 0.25) is 0 Å². The van der Waals surface area contributed by atoms with Gasteiger partial charge in [-0.2, -0.15) is 0 Å². The predicted molar refractivity (Wildman–Crippen MR) is 44.3 cm³/mol. The number of nitrogens with zero attached hydrogens (tertiary/aromatic N) is 2. The first-order valence-corrected chi connectivity index (χ1v) is 3.92. The van der Waals surface area contributed by atoms with E-state index < -0.39 is 0 Å². The molecule has 1 heterocycles. The molecule has 5 heteroatoms. The van der Waals surface area contributed by atoms with Gasteiger partial charge in [0, 0.05) is 18.9 Å². The summed E-state index contributed by atoms with van der Waals surface area (Å²) in [6.07, 6.45) is 3.25. The normalized spacial score (nSPS) is 9.64. The first-order chi connectivity index (χ1) is 5.33. The maximum atomic E-state index is 5.22. The van der Waals surface area contributed by atoms with Crippen LogP contribution in [0.1, 0.15) is 0 Å². The number of nitrogens with two attached hydrogens (primary N) is 1. The standard InChI is InChI=1S/C6H8BrN3O/c7-5-3-9-6(10-4-5)11-2-1-8/h3-4H,1-2,8H2. The van der Waals surface area contributed by atoms with E-state index >= 15 is 0 Å². The van der Waals surface area contributed by atoms with Gasteiger partial charge in [-0.05, 0) is 15.9 Å². The van der Waals surface area contributed by atoms with Crippen molar-refractivity contribution in [2.24, 2.45) is 5.73 Å². The lowest BCUT2D eigenvalue weighted by atomic mass is 10.7. The molecule has 0 unspecified atom stereocenters. The van der Waals surface area contributed by atoms with Crippen molar-refractivity contribution in [3.05, 3.63) is 16.9 Å². The van der Waals surface area contributed by atoms with Gasteiger partial charge in [-0.3, -0.25) is 0 Å².